The van der Waals surface area contributed by atoms with Gasteiger partial charge in [0.05, 0.1) is 18.1 Å². The van der Waals surface area contributed by atoms with Crippen LogP contribution < -0.4 is 4.72 Å². The van der Waals surface area contributed by atoms with E-state index >= 15 is 0 Å². The number of benzene rings is 1. The normalized spacial score (nSPS) is 17.5. The van der Waals surface area contributed by atoms with Crippen LogP contribution in [0.1, 0.15) is 0 Å². The summed E-state index contributed by atoms with van der Waals surface area (Å²) in [6.45, 7) is 4.26. The molecule has 1 saturated heterocycles. The summed E-state index contributed by atoms with van der Waals surface area (Å²) in [7, 11) is -3.45. The Hall–Kier alpha value is -0.470. The van der Waals surface area contributed by atoms with Gasteiger partial charge < -0.3 is 4.74 Å². The summed E-state index contributed by atoms with van der Waals surface area (Å²) in [5.74, 6) is 0. The van der Waals surface area contributed by atoms with Crippen LogP contribution in [0.5, 0.6) is 0 Å². The molecule has 19 heavy (non-hydrogen) atoms. The summed E-state index contributed by atoms with van der Waals surface area (Å²) < 4.78 is 32.7. The Morgan fingerprint density at radius 3 is 2.63 bits per heavy atom. The van der Waals surface area contributed by atoms with Gasteiger partial charge in [-0.15, -0.1) is 0 Å². The van der Waals surface area contributed by atoms with Crippen molar-refractivity contribution >= 4 is 26.0 Å². The molecule has 106 valence electrons. The lowest BCUT2D eigenvalue weighted by molar-refractivity contribution is 0.0390. The lowest BCUT2D eigenvalue weighted by Gasteiger charge is -2.26. The van der Waals surface area contributed by atoms with Gasteiger partial charge in [-0.05, 0) is 28.1 Å². The summed E-state index contributed by atoms with van der Waals surface area (Å²) in [4.78, 5) is 2.46. The fourth-order valence-corrected chi connectivity index (χ4v) is 3.93. The highest BCUT2D eigenvalue weighted by Crippen LogP contribution is 2.20. The quantitative estimate of drug-likeness (QED) is 0.864. The number of rotatable bonds is 5. The second kappa shape index (κ2) is 6.81. The first-order valence-corrected chi connectivity index (χ1v) is 8.41. The molecule has 1 aromatic carbocycles. The first kappa shape index (κ1) is 14.9. The maximum atomic E-state index is 12.1. The molecule has 0 aliphatic carbocycles. The molecule has 5 nitrogen and oxygen atoms in total. The standard InChI is InChI=1S/C12H17BrN2O3S/c13-11-3-1-2-4-12(11)19(16,17)14-5-6-15-7-9-18-10-8-15/h1-4,14H,5-10H2. The molecule has 0 radical (unpaired) electrons. The smallest absolute Gasteiger partial charge is 0.241 e. The van der Waals surface area contributed by atoms with E-state index < -0.39 is 10.0 Å². The van der Waals surface area contributed by atoms with Crippen LogP contribution in [0.3, 0.4) is 0 Å². The Kier molecular flexibility index (Phi) is 5.35. The van der Waals surface area contributed by atoms with Gasteiger partial charge in [0, 0.05) is 30.7 Å². The molecule has 0 spiro atoms. The van der Waals surface area contributed by atoms with Crippen molar-refractivity contribution in [1.29, 1.82) is 0 Å². The van der Waals surface area contributed by atoms with Crippen LogP contribution >= 0.6 is 15.9 Å². The third-order valence-corrected chi connectivity index (χ3v) is 5.42. The second-order valence-electron chi connectivity index (χ2n) is 4.28. The molecule has 2 rings (SSSR count). The van der Waals surface area contributed by atoms with Crippen LogP contribution in [0.4, 0.5) is 0 Å². The molecule has 0 saturated carbocycles. The second-order valence-corrected chi connectivity index (χ2v) is 6.87. The summed E-state index contributed by atoms with van der Waals surface area (Å²) in [5.41, 5.74) is 0. The number of halogens is 1. The number of nitrogens with zero attached hydrogens (tertiary/aromatic N) is 1. The highest BCUT2D eigenvalue weighted by molar-refractivity contribution is 9.10. The van der Waals surface area contributed by atoms with E-state index in [4.69, 9.17) is 4.74 Å². The molecule has 1 heterocycles. The van der Waals surface area contributed by atoms with E-state index in [1.807, 2.05) is 0 Å². The Balaban J connectivity index is 1.89. The zero-order valence-electron chi connectivity index (χ0n) is 10.5. The van der Waals surface area contributed by atoms with E-state index in [1.165, 1.54) is 0 Å². The zero-order valence-corrected chi connectivity index (χ0v) is 12.9. The average Bonchev–Trinajstić information content (AvgIpc) is 2.40. The zero-order chi connectivity index (χ0) is 13.7. The van der Waals surface area contributed by atoms with Crippen LogP contribution in [0, 0.1) is 0 Å². The third-order valence-electron chi connectivity index (χ3n) is 2.95. The third kappa shape index (κ3) is 4.25. The molecule has 1 fully saturated rings. The van der Waals surface area contributed by atoms with Crippen LogP contribution in [0.2, 0.25) is 0 Å². The number of ether oxygens (including phenoxy) is 1. The Labute approximate surface area is 122 Å². The van der Waals surface area contributed by atoms with Gasteiger partial charge in [-0.3, -0.25) is 4.90 Å². The highest BCUT2D eigenvalue weighted by Gasteiger charge is 2.17. The van der Waals surface area contributed by atoms with Gasteiger partial charge >= 0.3 is 0 Å². The molecular weight excluding hydrogens is 332 g/mol. The molecule has 0 bridgehead atoms. The molecule has 0 aromatic heterocycles. The molecule has 7 heteroatoms. The fraction of sp³-hybridized carbons (Fsp3) is 0.500. The first-order valence-electron chi connectivity index (χ1n) is 6.14. The predicted octanol–water partition coefficient (Wildman–Crippen LogP) is 1.06. The van der Waals surface area contributed by atoms with E-state index in [-0.39, 0.29) is 4.90 Å². The van der Waals surface area contributed by atoms with E-state index in [0.717, 1.165) is 26.3 Å². The Morgan fingerprint density at radius 2 is 1.95 bits per heavy atom. The van der Waals surface area contributed by atoms with Gasteiger partial charge in [-0.2, -0.15) is 0 Å². The minimum Gasteiger partial charge on any atom is -0.379 e. The number of sulfonamides is 1. The van der Waals surface area contributed by atoms with Crippen molar-refractivity contribution < 1.29 is 13.2 Å². The van der Waals surface area contributed by atoms with Crippen molar-refractivity contribution in [2.45, 2.75) is 4.90 Å². The molecular formula is C12H17BrN2O3S. The number of hydrogen-bond acceptors (Lipinski definition) is 4. The van der Waals surface area contributed by atoms with E-state index in [2.05, 4.69) is 25.6 Å². The largest absolute Gasteiger partial charge is 0.379 e. The number of hydrogen-bond donors (Lipinski definition) is 1. The molecule has 1 aliphatic heterocycles. The lowest BCUT2D eigenvalue weighted by Crippen LogP contribution is -2.41. The molecule has 0 unspecified atom stereocenters. The SMILES string of the molecule is O=S(=O)(NCCN1CCOCC1)c1ccccc1Br. The van der Waals surface area contributed by atoms with Crippen molar-refractivity contribution in [3.63, 3.8) is 0 Å². The summed E-state index contributed by atoms with van der Waals surface area (Å²) >= 11 is 3.25. The monoisotopic (exact) mass is 348 g/mol. The van der Waals surface area contributed by atoms with E-state index in [0.29, 0.717) is 17.6 Å². The minimum absolute atomic E-state index is 0.275. The number of nitrogens with one attached hydrogen (secondary N) is 1. The van der Waals surface area contributed by atoms with Crippen LogP contribution in [-0.4, -0.2) is 52.7 Å². The highest BCUT2D eigenvalue weighted by atomic mass is 79.9. The minimum atomic E-state index is -3.45. The van der Waals surface area contributed by atoms with Crippen molar-refractivity contribution in [3.05, 3.63) is 28.7 Å². The fourth-order valence-electron chi connectivity index (χ4n) is 1.90. The van der Waals surface area contributed by atoms with Gasteiger partial charge in [0.25, 0.3) is 0 Å². The maximum Gasteiger partial charge on any atom is 0.241 e. The average molecular weight is 349 g/mol. The van der Waals surface area contributed by atoms with Crippen molar-refractivity contribution in [3.8, 4) is 0 Å². The van der Waals surface area contributed by atoms with Crippen molar-refractivity contribution in [2.75, 3.05) is 39.4 Å². The summed E-state index contributed by atoms with van der Waals surface area (Å²) in [6.07, 6.45) is 0. The van der Waals surface area contributed by atoms with Gasteiger partial charge in [0.15, 0.2) is 0 Å². The topological polar surface area (TPSA) is 58.6 Å². The summed E-state index contributed by atoms with van der Waals surface area (Å²) in [5, 5.41) is 0. The molecule has 0 atom stereocenters. The molecule has 1 aliphatic rings. The molecule has 1 N–H and O–H groups in total. The van der Waals surface area contributed by atoms with E-state index in [9.17, 15) is 8.42 Å². The first-order chi connectivity index (χ1) is 9.09. The van der Waals surface area contributed by atoms with Gasteiger partial charge in [0.1, 0.15) is 0 Å². The van der Waals surface area contributed by atoms with Gasteiger partial charge in [0.2, 0.25) is 10.0 Å². The predicted molar refractivity (Wildman–Crippen MR) is 76.6 cm³/mol. The van der Waals surface area contributed by atoms with Gasteiger partial charge in [-0.25, -0.2) is 13.1 Å². The Bertz CT molecular complexity index is 515. The van der Waals surface area contributed by atoms with Crippen molar-refractivity contribution in [2.24, 2.45) is 0 Å². The van der Waals surface area contributed by atoms with E-state index in [1.54, 1.807) is 24.3 Å². The Morgan fingerprint density at radius 1 is 1.26 bits per heavy atom. The molecule has 1 aromatic rings. The maximum absolute atomic E-state index is 12.1. The van der Waals surface area contributed by atoms with Gasteiger partial charge in [-0.1, -0.05) is 12.1 Å². The number of morpholine rings is 1. The van der Waals surface area contributed by atoms with Crippen LogP contribution in [0.25, 0.3) is 0 Å². The summed E-state index contributed by atoms with van der Waals surface area (Å²) in [6, 6.07) is 6.80. The lowest BCUT2D eigenvalue weighted by atomic mass is 10.4. The van der Waals surface area contributed by atoms with Crippen molar-refractivity contribution in [1.82, 2.24) is 9.62 Å². The molecule has 0 amide bonds. The van der Waals surface area contributed by atoms with Crippen LogP contribution in [0.15, 0.2) is 33.6 Å². The van der Waals surface area contributed by atoms with Crippen LogP contribution in [-0.2, 0) is 14.8 Å².